The summed E-state index contributed by atoms with van der Waals surface area (Å²) >= 11 is 5.99. The fourth-order valence-electron chi connectivity index (χ4n) is 0.309. The number of nitrogens with one attached hydrogen (secondary N) is 1. The van der Waals surface area contributed by atoms with E-state index in [2.05, 4.69) is 5.32 Å². The number of hydrogen-bond donors (Lipinski definition) is 3. The molecule has 0 unspecified atom stereocenters. The number of rotatable bonds is 3. The smallest absolute Gasteiger partial charge is 0.321 e. The summed E-state index contributed by atoms with van der Waals surface area (Å²) < 4.78 is 0.557. The molecule has 0 aromatic carbocycles. The Morgan fingerprint density at radius 2 is 2.45 bits per heavy atom. The predicted octanol–water partition coefficient (Wildman–Crippen LogP) is -0.364. The van der Waals surface area contributed by atoms with Crippen LogP contribution in [0.25, 0.3) is 0 Å². The van der Waals surface area contributed by atoms with Gasteiger partial charge in [0.2, 0.25) is 0 Å². The van der Waals surface area contributed by atoms with E-state index >= 15 is 0 Å². The van der Waals surface area contributed by atoms with E-state index < -0.39 is 12.0 Å². The third-order valence-electron chi connectivity index (χ3n) is 0.915. The van der Waals surface area contributed by atoms with Crippen molar-refractivity contribution in [2.45, 2.75) is 6.04 Å². The molecule has 0 aliphatic rings. The molecule has 0 heterocycles. The lowest BCUT2D eigenvalue weighted by molar-refractivity contribution is -0.137. The molecule has 0 radical (unpaired) electrons. The minimum absolute atomic E-state index is 0.301. The first kappa shape index (κ1) is 10.7. The number of carboxylic acid groups (broad SMARTS) is 1. The highest BCUT2D eigenvalue weighted by Crippen LogP contribution is 2.02. The van der Waals surface area contributed by atoms with Crippen LogP contribution in [0.4, 0.5) is 0 Å². The molecule has 0 amide bonds. The first-order valence-electron chi connectivity index (χ1n) is 2.90. The average molecular weight is 194 g/mol. The van der Waals surface area contributed by atoms with Crippen LogP contribution in [0, 0.1) is 0 Å². The van der Waals surface area contributed by atoms with Gasteiger partial charge < -0.3 is 16.2 Å². The largest absolute Gasteiger partial charge is 0.480 e. The maximum Gasteiger partial charge on any atom is 0.321 e. The summed E-state index contributed by atoms with van der Waals surface area (Å²) in [4.78, 5) is 10.2. The lowest BCUT2D eigenvalue weighted by Gasteiger charge is -2.05. The van der Waals surface area contributed by atoms with Gasteiger partial charge in [-0.3, -0.25) is 4.79 Å². The van der Waals surface area contributed by atoms with E-state index in [1.165, 1.54) is 11.8 Å². The average Bonchev–Trinajstić information content (AvgIpc) is 1.99. The Balaban J connectivity index is 3.54. The second kappa shape index (κ2) is 5.34. The second-order valence-corrected chi connectivity index (χ2v) is 3.49. The fraction of sp³-hybridized carbons (Fsp3) is 0.600. The third-order valence-corrected chi connectivity index (χ3v) is 2.47. The summed E-state index contributed by atoms with van der Waals surface area (Å²) in [6.45, 7) is 0. The molecule has 0 aliphatic carbocycles. The molecule has 11 heavy (non-hydrogen) atoms. The van der Waals surface area contributed by atoms with Crippen LogP contribution < -0.4 is 11.1 Å². The first-order valence-corrected chi connectivity index (χ1v) is 4.30. The van der Waals surface area contributed by atoms with E-state index in [1.807, 2.05) is 0 Å². The van der Waals surface area contributed by atoms with Crippen LogP contribution in [-0.4, -0.2) is 34.2 Å². The number of thioether (sulfide) groups is 1. The van der Waals surface area contributed by atoms with Crippen LogP contribution in [0.1, 0.15) is 0 Å². The van der Waals surface area contributed by atoms with Gasteiger partial charge in [0.1, 0.15) is 10.4 Å². The maximum absolute atomic E-state index is 10.2. The van der Waals surface area contributed by atoms with E-state index in [1.54, 1.807) is 7.05 Å². The van der Waals surface area contributed by atoms with Crippen molar-refractivity contribution in [3.05, 3.63) is 0 Å². The van der Waals surface area contributed by atoms with Gasteiger partial charge >= 0.3 is 5.97 Å². The Kier molecular flexibility index (Phi) is 5.18. The first-order chi connectivity index (χ1) is 5.07. The Morgan fingerprint density at radius 3 is 2.82 bits per heavy atom. The minimum Gasteiger partial charge on any atom is -0.480 e. The van der Waals surface area contributed by atoms with Gasteiger partial charge in [-0.25, -0.2) is 0 Å². The zero-order valence-electron chi connectivity index (χ0n) is 6.03. The van der Waals surface area contributed by atoms with Crippen LogP contribution in [-0.2, 0) is 4.79 Å². The molecule has 0 aromatic heterocycles. The van der Waals surface area contributed by atoms with Gasteiger partial charge in [-0.1, -0.05) is 24.0 Å². The van der Waals surface area contributed by atoms with E-state index in [0.717, 1.165) is 0 Å². The van der Waals surface area contributed by atoms with E-state index in [-0.39, 0.29) is 0 Å². The van der Waals surface area contributed by atoms with Gasteiger partial charge in [-0.05, 0) is 0 Å². The summed E-state index contributed by atoms with van der Waals surface area (Å²) in [6, 6.07) is -0.841. The molecule has 0 bridgehead atoms. The molecular formula is C5H10N2O2S2. The summed E-state index contributed by atoms with van der Waals surface area (Å²) in [6.07, 6.45) is 0. The third kappa shape index (κ3) is 5.00. The van der Waals surface area contributed by atoms with Crippen molar-refractivity contribution in [3.8, 4) is 0 Å². The lowest BCUT2D eigenvalue weighted by Crippen LogP contribution is -2.33. The van der Waals surface area contributed by atoms with Crippen molar-refractivity contribution in [1.29, 1.82) is 0 Å². The molecule has 0 rings (SSSR count). The predicted molar refractivity (Wildman–Crippen MR) is 49.7 cm³/mol. The Hall–Kier alpha value is -0.330. The normalized spacial score (nSPS) is 12.2. The molecule has 0 saturated carbocycles. The lowest BCUT2D eigenvalue weighted by atomic mass is 10.4. The number of carbonyl (C=O) groups is 1. The van der Waals surface area contributed by atoms with Gasteiger partial charge in [0.05, 0.1) is 0 Å². The highest BCUT2D eigenvalue weighted by Gasteiger charge is 2.11. The van der Waals surface area contributed by atoms with Crippen molar-refractivity contribution in [3.63, 3.8) is 0 Å². The zero-order chi connectivity index (χ0) is 8.85. The van der Waals surface area contributed by atoms with Crippen LogP contribution in [0.2, 0.25) is 0 Å². The van der Waals surface area contributed by atoms with Gasteiger partial charge in [-0.15, -0.1) is 0 Å². The molecule has 0 aromatic rings. The highest BCUT2D eigenvalue weighted by molar-refractivity contribution is 8.23. The van der Waals surface area contributed by atoms with Crippen LogP contribution in [0.3, 0.4) is 0 Å². The topological polar surface area (TPSA) is 75.3 Å². The molecule has 6 heteroatoms. The standard InChI is InChI=1S/C5H10N2O2S2/c1-7-5(10)11-2-3(6)4(8)9/h3H,2,6H2,1H3,(H,7,10)(H,8,9)/t3-/m0/s1. The van der Waals surface area contributed by atoms with Crippen molar-refractivity contribution < 1.29 is 9.90 Å². The monoisotopic (exact) mass is 194 g/mol. The van der Waals surface area contributed by atoms with Gasteiger partial charge in [0.25, 0.3) is 0 Å². The van der Waals surface area contributed by atoms with E-state index in [4.69, 9.17) is 23.1 Å². The quantitative estimate of drug-likeness (QED) is 0.533. The van der Waals surface area contributed by atoms with Gasteiger partial charge in [0, 0.05) is 12.8 Å². The summed E-state index contributed by atoms with van der Waals surface area (Å²) in [7, 11) is 1.68. The van der Waals surface area contributed by atoms with Crippen molar-refractivity contribution >= 4 is 34.3 Å². The Labute approximate surface area is 74.5 Å². The zero-order valence-corrected chi connectivity index (χ0v) is 7.67. The molecule has 1 atom stereocenters. The molecule has 4 N–H and O–H groups in total. The van der Waals surface area contributed by atoms with E-state index in [9.17, 15) is 4.79 Å². The van der Waals surface area contributed by atoms with Crippen LogP contribution >= 0.6 is 24.0 Å². The van der Waals surface area contributed by atoms with Crippen molar-refractivity contribution in [2.24, 2.45) is 5.73 Å². The number of nitrogens with two attached hydrogens (primary N) is 1. The number of hydrogen-bond acceptors (Lipinski definition) is 4. The fourth-order valence-corrected chi connectivity index (χ4v) is 1.13. The van der Waals surface area contributed by atoms with E-state index in [0.29, 0.717) is 10.1 Å². The molecule has 0 saturated heterocycles. The molecule has 64 valence electrons. The summed E-state index contributed by atoms with van der Waals surface area (Å²) in [5.74, 6) is -0.703. The number of aliphatic carboxylic acids is 1. The Bertz CT molecular complexity index is 163. The van der Waals surface area contributed by atoms with Crippen molar-refractivity contribution in [1.82, 2.24) is 5.32 Å². The number of thiocarbonyl (C=S) groups is 1. The van der Waals surface area contributed by atoms with Gasteiger partial charge in [0.15, 0.2) is 0 Å². The highest BCUT2D eigenvalue weighted by atomic mass is 32.2. The molecule has 0 fully saturated rings. The number of carboxylic acids is 1. The van der Waals surface area contributed by atoms with Crippen molar-refractivity contribution in [2.75, 3.05) is 12.8 Å². The van der Waals surface area contributed by atoms with Crippen LogP contribution in [0.5, 0.6) is 0 Å². The SMILES string of the molecule is CNC(=S)SC[C@H](N)C(=O)O. The molecule has 0 spiro atoms. The Morgan fingerprint density at radius 1 is 1.91 bits per heavy atom. The molecule has 0 aliphatic heterocycles. The maximum atomic E-state index is 10.2. The molecular weight excluding hydrogens is 184 g/mol. The minimum atomic E-state index is -1.00. The van der Waals surface area contributed by atoms with Crippen LogP contribution in [0.15, 0.2) is 0 Å². The second-order valence-electron chi connectivity index (χ2n) is 1.79. The summed E-state index contributed by atoms with van der Waals surface area (Å²) in [5.41, 5.74) is 5.21. The van der Waals surface area contributed by atoms with Gasteiger partial charge in [-0.2, -0.15) is 0 Å². The summed E-state index contributed by atoms with van der Waals surface area (Å²) in [5, 5.41) is 11.1. The molecule has 4 nitrogen and oxygen atoms in total.